The third-order valence-corrected chi connectivity index (χ3v) is 3.96. The number of hydrogen-bond donors (Lipinski definition) is 1. The van der Waals surface area contributed by atoms with E-state index in [0.717, 1.165) is 39.2 Å². The molecule has 112 valence electrons. The third kappa shape index (κ3) is 4.89. The molecular formula is C17H27NO2. The second-order valence-corrected chi connectivity index (χ2v) is 6.13. The summed E-state index contributed by atoms with van der Waals surface area (Å²) in [6, 6.07) is 10.9. The zero-order valence-corrected chi connectivity index (χ0v) is 12.7. The summed E-state index contributed by atoms with van der Waals surface area (Å²) in [6.45, 7) is 8.62. The molecule has 0 spiro atoms. The van der Waals surface area contributed by atoms with Crippen LogP contribution in [0.3, 0.4) is 0 Å². The fourth-order valence-electron chi connectivity index (χ4n) is 2.56. The van der Waals surface area contributed by atoms with E-state index < -0.39 is 0 Å². The summed E-state index contributed by atoms with van der Waals surface area (Å²) in [6.07, 6.45) is 2.17. The van der Waals surface area contributed by atoms with Gasteiger partial charge in [0.1, 0.15) is 0 Å². The van der Waals surface area contributed by atoms with Crippen molar-refractivity contribution in [3.63, 3.8) is 0 Å². The number of hydrogen-bond acceptors (Lipinski definition) is 3. The van der Waals surface area contributed by atoms with Crippen molar-refractivity contribution in [2.24, 2.45) is 5.41 Å². The van der Waals surface area contributed by atoms with Gasteiger partial charge in [-0.05, 0) is 18.4 Å². The maximum Gasteiger partial charge on any atom is 0.0717 e. The van der Waals surface area contributed by atoms with Crippen LogP contribution in [0.25, 0.3) is 0 Å². The van der Waals surface area contributed by atoms with Crippen molar-refractivity contribution >= 4 is 0 Å². The molecule has 1 N–H and O–H groups in total. The van der Waals surface area contributed by atoms with E-state index in [-0.39, 0.29) is 5.41 Å². The van der Waals surface area contributed by atoms with Crippen LogP contribution >= 0.6 is 0 Å². The summed E-state index contributed by atoms with van der Waals surface area (Å²) in [5, 5.41) is 3.57. The number of ether oxygens (including phenoxy) is 2. The van der Waals surface area contributed by atoms with E-state index in [9.17, 15) is 0 Å². The Balaban J connectivity index is 1.84. The number of benzene rings is 1. The summed E-state index contributed by atoms with van der Waals surface area (Å²) in [5.41, 5.74) is 1.48. The molecule has 2 rings (SSSR count). The van der Waals surface area contributed by atoms with Gasteiger partial charge in [-0.25, -0.2) is 0 Å². The average Bonchev–Trinajstić information content (AvgIpc) is 2.47. The first-order valence-electron chi connectivity index (χ1n) is 7.63. The average molecular weight is 277 g/mol. The van der Waals surface area contributed by atoms with Crippen molar-refractivity contribution in [3.05, 3.63) is 35.9 Å². The van der Waals surface area contributed by atoms with Gasteiger partial charge in [0.15, 0.2) is 0 Å². The van der Waals surface area contributed by atoms with Gasteiger partial charge in [-0.3, -0.25) is 0 Å². The lowest BCUT2D eigenvalue weighted by Gasteiger charge is -2.37. The van der Waals surface area contributed by atoms with E-state index in [1.165, 1.54) is 5.56 Å². The lowest BCUT2D eigenvalue weighted by molar-refractivity contribution is -0.0437. The van der Waals surface area contributed by atoms with Crippen LogP contribution in [-0.4, -0.2) is 32.4 Å². The summed E-state index contributed by atoms with van der Waals surface area (Å²) >= 11 is 0. The van der Waals surface area contributed by atoms with Crippen LogP contribution in [0.5, 0.6) is 0 Å². The molecule has 1 aromatic rings. The monoisotopic (exact) mass is 277 g/mol. The van der Waals surface area contributed by atoms with Gasteiger partial charge in [0.25, 0.3) is 0 Å². The predicted octanol–water partition coefficient (Wildman–Crippen LogP) is 3.00. The van der Waals surface area contributed by atoms with E-state index in [1.54, 1.807) is 0 Å². The van der Waals surface area contributed by atoms with Crippen molar-refractivity contribution in [1.29, 1.82) is 0 Å². The molecule has 1 heterocycles. The van der Waals surface area contributed by atoms with Crippen LogP contribution in [0.1, 0.15) is 32.3 Å². The first-order chi connectivity index (χ1) is 9.70. The van der Waals surface area contributed by atoms with Gasteiger partial charge in [0, 0.05) is 31.2 Å². The smallest absolute Gasteiger partial charge is 0.0717 e. The van der Waals surface area contributed by atoms with Crippen LogP contribution in [0.2, 0.25) is 0 Å². The highest BCUT2D eigenvalue weighted by Crippen LogP contribution is 2.30. The molecule has 20 heavy (non-hydrogen) atoms. The largest absolute Gasteiger partial charge is 0.381 e. The maximum atomic E-state index is 6.00. The Morgan fingerprint density at radius 3 is 2.55 bits per heavy atom. The second-order valence-electron chi connectivity index (χ2n) is 6.13. The van der Waals surface area contributed by atoms with Gasteiger partial charge < -0.3 is 14.8 Å². The van der Waals surface area contributed by atoms with Gasteiger partial charge in [-0.15, -0.1) is 0 Å². The highest BCUT2D eigenvalue weighted by Gasteiger charge is 2.32. The zero-order chi connectivity index (χ0) is 14.3. The topological polar surface area (TPSA) is 30.5 Å². The molecule has 0 unspecified atom stereocenters. The Labute approximate surface area is 122 Å². The van der Waals surface area contributed by atoms with E-state index in [1.807, 2.05) is 6.07 Å². The van der Waals surface area contributed by atoms with Gasteiger partial charge in [-0.1, -0.05) is 44.2 Å². The fraction of sp³-hybridized carbons (Fsp3) is 0.647. The van der Waals surface area contributed by atoms with Crippen LogP contribution in [0, 0.1) is 5.41 Å². The Morgan fingerprint density at radius 1 is 1.20 bits per heavy atom. The standard InChI is InChI=1S/C17H27NO2/c1-15(2)18-13-17(8-10-19-11-9-17)14-20-12-16-6-4-3-5-7-16/h3-7,15,18H,8-14H2,1-2H3. The van der Waals surface area contributed by atoms with E-state index >= 15 is 0 Å². The van der Waals surface area contributed by atoms with Crippen molar-refractivity contribution in [1.82, 2.24) is 5.32 Å². The molecule has 1 aliphatic heterocycles. The molecule has 0 radical (unpaired) electrons. The molecule has 0 bridgehead atoms. The highest BCUT2D eigenvalue weighted by molar-refractivity contribution is 5.13. The molecular weight excluding hydrogens is 250 g/mol. The molecule has 0 aliphatic carbocycles. The summed E-state index contributed by atoms with van der Waals surface area (Å²) in [7, 11) is 0. The molecule has 0 saturated carbocycles. The van der Waals surface area contributed by atoms with Crippen molar-refractivity contribution < 1.29 is 9.47 Å². The minimum Gasteiger partial charge on any atom is -0.381 e. The highest BCUT2D eigenvalue weighted by atomic mass is 16.5. The fourth-order valence-corrected chi connectivity index (χ4v) is 2.56. The molecule has 0 aromatic heterocycles. The van der Waals surface area contributed by atoms with Crippen molar-refractivity contribution in [2.45, 2.75) is 39.3 Å². The van der Waals surface area contributed by atoms with Crippen LogP contribution in [0.15, 0.2) is 30.3 Å². The normalized spacial score (nSPS) is 18.4. The molecule has 1 aliphatic rings. The third-order valence-electron chi connectivity index (χ3n) is 3.96. The van der Waals surface area contributed by atoms with Gasteiger partial charge in [0.05, 0.1) is 13.2 Å². The maximum absolute atomic E-state index is 6.00. The van der Waals surface area contributed by atoms with Gasteiger partial charge in [-0.2, -0.15) is 0 Å². The molecule has 3 nitrogen and oxygen atoms in total. The minimum atomic E-state index is 0.233. The van der Waals surface area contributed by atoms with Gasteiger partial charge in [0.2, 0.25) is 0 Å². The molecule has 0 atom stereocenters. The Kier molecular flexibility index (Phi) is 6.02. The number of rotatable bonds is 7. The lowest BCUT2D eigenvalue weighted by Crippen LogP contribution is -2.44. The predicted molar refractivity (Wildman–Crippen MR) is 81.7 cm³/mol. The molecule has 3 heteroatoms. The Hall–Kier alpha value is -0.900. The quantitative estimate of drug-likeness (QED) is 0.831. The van der Waals surface area contributed by atoms with Crippen LogP contribution < -0.4 is 5.32 Å². The molecule has 1 saturated heterocycles. The number of nitrogens with one attached hydrogen (secondary N) is 1. The summed E-state index contributed by atoms with van der Waals surface area (Å²) in [5.74, 6) is 0. The van der Waals surface area contributed by atoms with Crippen molar-refractivity contribution in [2.75, 3.05) is 26.4 Å². The molecule has 0 amide bonds. The SMILES string of the molecule is CC(C)NCC1(COCc2ccccc2)CCOCC1. The van der Waals surface area contributed by atoms with Crippen molar-refractivity contribution in [3.8, 4) is 0 Å². The summed E-state index contributed by atoms with van der Waals surface area (Å²) in [4.78, 5) is 0. The first-order valence-corrected chi connectivity index (χ1v) is 7.63. The lowest BCUT2D eigenvalue weighted by atomic mass is 9.80. The zero-order valence-electron chi connectivity index (χ0n) is 12.7. The molecule has 1 fully saturated rings. The second kappa shape index (κ2) is 7.77. The summed E-state index contributed by atoms with van der Waals surface area (Å²) < 4.78 is 11.5. The first kappa shape index (κ1) is 15.5. The van der Waals surface area contributed by atoms with Crippen LogP contribution in [0.4, 0.5) is 0 Å². The van der Waals surface area contributed by atoms with E-state index in [4.69, 9.17) is 9.47 Å². The van der Waals surface area contributed by atoms with E-state index in [2.05, 4.69) is 43.4 Å². The van der Waals surface area contributed by atoms with Gasteiger partial charge >= 0.3 is 0 Å². The van der Waals surface area contributed by atoms with Crippen LogP contribution in [-0.2, 0) is 16.1 Å². The Bertz CT molecular complexity index is 372. The Morgan fingerprint density at radius 2 is 1.90 bits per heavy atom. The van der Waals surface area contributed by atoms with E-state index in [0.29, 0.717) is 12.6 Å². The minimum absolute atomic E-state index is 0.233. The molecule has 1 aromatic carbocycles.